The number of unbranched alkanes of at least 4 members (excludes halogenated alkanes) is 1. The molecule has 27 heavy (non-hydrogen) atoms. The summed E-state index contributed by atoms with van der Waals surface area (Å²) in [7, 11) is 0. The van der Waals surface area contributed by atoms with E-state index in [2.05, 4.69) is 47.6 Å². The lowest BCUT2D eigenvalue weighted by atomic mass is 10.0. The van der Waals surface area contributed by atoms with Crippen LogP contribution in [0.5, 0.6) is 0 Å². The van der Waals surface area contributed by atoms with Gasteiger partial charge in [0.25, 0.3) is 0 Å². The summed E-state index contributed by atoms with van der Waals surface area (Å²) < 4.78 is 1.01. The van der Waals surface area contributed by atoms with Crippen LogP contribution in [0.15, 0.2) is 42.5 Å². The third kappa shape index (κ3) is 5.14. The van der Waals surface area contributed by atoms with Gasteiger partial charge in [0.1, 0.15) is 11.6 Å². The minimum atomic E-state index is -1.06. The van der Waals surface area contributed by atoms with Gasteiger partial charge in [-0.2, -0.15) is 0 Å². The van der Waals surface area contributed by atoms with Gasteiger partial charge in [-0.25, -0.2) is 4.98 Å². The van der Waals surface area contributed by atoms with Gasteiger partial charge in [0, 0.05) is 0 Å². The number of carboxylic acids is 1. The van der Waals surface area contributed by atoms with E-state index in [1.165, 1.54) is 29.7 Å². The Morgan fingerprint density at radius 1 is 1.11 bits per heavy atom. The summed E-state index contributed by atoms with van der Waals surface area (Å²) in [6, 6.07) is 14.7. The maximum atomic E-state index is 11.8. The summed E-state index contributed by atoms with van der Waals surface area (Å²) in [6.07, 6.45) is 3.59. The molecule has 0 atom stereocenters. The van der Waals surface area contributed by atoms with Gasteiger partial charge in [-0.3, -0.25) is 9.59 Å². The lowest BCUT2D eigenvalue weighted by Crippen LogP contribution is -2.30. The largest absolute Gasteiger partial charge is 0.480 e. The van der Waals surface area contributed by atoms with Crippen LogP contribution in [0.25, 0.3) is 21.3 Å². The van der Waals surface area contributed by atoms with Crippen molar-refractivity contribution in [1.82, 2.24) is 10.3 Å². The van der Waals surface area contributed by atoms with Crippen molar-refractivity contribution in [2.75, 3.05) is 6.54 Å². The van der Waals surface area contributed by atoms with Gasteiger partial charge in [-0.1, -0.05) is 43.7 Å². The minimum Gasteiger partial charge on any atom is -0.480 e. The number of aryl methyl sites for hydroxylation is 1. The van der Waals surface area contributed by atoms with Crippen molar-refractivity contribution in [3.8, 4) is 11.1 Å². The van der Waals surface area contributed by atoms with Crippen molar-refractivity contribution >= 4 is 33.4 Å². The van der Waals surface area contributed by atoms with Gasteiger partial charge >= 0.3 is 5.97 Å². The van der Waals surface area contributed by atoms with E-state index >= 15 is 0 Å². The van der Waals surface area contributed by atoms with Crippen molar-refractivity contribution < 1.29 is 14.7 Å². The first kappa shape index (κ1) is 19.0. The Bertz CT molecular complexity index is 948. The van der Waals surface area contributed by atoms with Gasteiger partial charge in [-0.15, -0.1) is 11.3 Å². The third-order valence-electron chi connectivity index (χ3n) is 4.29. The van der Waals surface area contributed by atoms with Crippen molar-refractivity contribution in [3.63, 3.8) is 0 Å². The number of thiazole rings is 1. The second kappa shape index (κ2) is 8.77. The average Bonchev–Trinajstić information content (AvgIpc) is 3.06. The van der Waals surface area contributed by atoms with E-state index in [1.54, 1.807) is 0 Å². The maximum Gasteiger partial charge on any atom is 0.322 e. The molecule has 1 heterocycles. The first-order valence-corrected chi connectivity index (χ1v) is 9.84. The maximum absolute atomic E-state index is 11.8. The van der Waals surface area contributed by atoms with Crippen LogP contribution >= 0.6 is 11.3 Å². The molecule has 0 fully saturated rings. The lowest BCUT2D eigenvalue weighted by Gasteiger charge is -2.04. The number of carbonyl (C=O) groups excluding carboxylic acids is 1. The quantitative estimate of drug-likeness (QED) is 0.616. The normalized spacial score (nSPS) is 10.9. The molecule has 5 nitrogen and oxygen atoms in total. The summed E-state index contributed by atoms with van der Waals surface area (Å²) in [5.74, 6) is -1.39. The van der Waals surface area contributed by atoms with Gasteiger partial charge in [0.2, 0.25) is 5.91 Å². The molecule has 0 unspecified atom stereocenters. The number of nitrogens with zero attached hydrogens (tertiary/aromatic N) is 1. The highest BCUT2D eigenvalue weighted by molar-refractivity contribution is 7.18. The van der Waals surface area contributed by atoms with Crippen molar-refractivity contribution in [1.29, 1.82) is 0 Å². The van der Waals surface area contributed by atoms with Crippen LogP contribution in [-0.2, 0) is 22.4 Å². The van der Waals surface area contributed by atoms with Gasteiger partial charge in [0.15, 0.2) is 0 Å². The number of nitrogens with one attached hydrogen (secondary N) is 1. The molecular formula is C21H22N2O3S. The molecule has 0 aliphatic heterocycles. The molecule has 0 aliphatic carbocycles. The number of aromatic nitrogens is 1. The fourth-order valence-electron chi connectivity index (χ4n) is 2.85. The fourth-order valence-corrected chi connectivity index (χ4v) is 3.80. The second-order valence-corrected chi connectivity index (χ2v) is 7.55. The summed E-state index contributed by atoms with van der Waals surface area (Å²) in [6.45, 7) is 1.82. The third-order valence-corrected chi connectivity index (χ3v) is 5.32. The number of amides is 1. The summed E-state index contributed by atoms with van der Waals surface area (Å²) in [4.78, 5) is 26.8. The molecule has 6 heteroatoms. The van der Waals surface area contributed by atoms with Gasteiger partial charge in [-0.05, 0) is 41.7 Å². The Labute approximate surface area is 162 Å². The van der Waals surface area contributed by atoms with Crippen LogP contribution in [0.3, 0.4) is 0 Å². The topological polar surface area (TPSA) is 79.3 Å². The molecule has 3 rings (SSSR count). The van der Waals surface area contributed by atoms with Crippen molar-refractivity contribution in [2.45, 2.75) is 32.6 Å². The van der Waals surface area contributed by atoms with Crippen LogP contribution < -0.4 is 5.32 Å². The molecule has 140 valence electrons. The number of rotatable bonds is 8. The standard InChI is InChI=1S/C21H22N2O3S/c1-2-3-4-14-5-7-15(8-6-14)16-9-10-18-17(11-16)23-20(27-18)12-19(24)22-13-21(25)26/h5-11H,2-4,12-13H2,1H3,(H,22,24)(H,25,26). The molecule has 1 aromatic heterocycles. The van der Waals surface area contributed by atoms with Crippen LogP contribution in [0.4, 0.5) is 0 Å². The minimum absolute atomic E-state index is 0.0914. The first-order valence-electron chi connectivity index (χ1n) is 9.02. The Balaban J connectivity index is 1.73. The molecule has 0 saturated heterocycles. The first-order chi connectivity index (χ1) is 13.0. The summed E-state index contributed by atoms with van der Waals surface area (Å²) in [5, 5.41) is 11.7. The van der Waals surface area contributed by atoms with Crippen molar-refractivity contribution in [3.05, 3.63) is 53.0 Å². The highest BCUT2D eigenvalue weighted by Crippen LogP contribution is 2.28. The number of benzene rings is 2. The van der Waals surface area contributed by atoms with E-state index in [0.29, 0.717) is 5.01 Å². The van der Waals surface area contributed by atoms with Crippen LogP contribution in [0.2, 0.25) is 0 Å². The monoisotopic (exact) mass is 382 g/mol. The lowest BCUT2D eigenvalue weighted by molar-refractivity contribution is -0.137. The Hall–Kier alpha value is -2.73. The number of aliphatic carboxylic acids is 1. The molecule has 0 bridgehead atoms. The molecule has 1 amide bonds. The molecule has 0 saturated carbocycles. The van der Waals surface area contributed by atoms with E-state index in [-0.39, 0.29) is 18.9 Å². The van der Waals surface area contributed by atoms with E-state index in [9.17, 15) is 9.59 Å². The zero-order valence-corrected chi connectivity index (χ0v) is 16.0. The molecule has 2 N–H and O–H groups in total. The van der Waals surface area contributed by atoms with Crippen LogP contribution in [0.1, 0.15) is 30.3 Å². The number of fused-ring (bicyclic) bond motifs is 1. The van der Waals surface area contributed by atoms with Crippen molar-refractivity contribution in [2.24, 2.45) is 0 Å². The number of carboxylic acid groups (broad SMARTS) is 1. The second-order valence-electron chi connectivity index (χ2n) is 6.44. The highest BCUT2D eigenvalue weighted by atomic mass is 32.1. The van der Waals surface area contributed by atoms with E-state index in [0.717, 1.165) is 27.8 Å². The zero-order chi connectivity index (χ0) is 19.2. The Morgan fingerprint density at radius 3 is 2.56 bits per heavy atom. The average molecular weight is 382 g/mol. The number of hydrogen-bond donors (Lipinski definition) is 2. The molecule has 0 spiro atoms. The molecule has 3 aromatic rings. The van der Waals surface area contributed by atoms with Crippen LogP contribution in [-0.4, -0.2) is 28.5 Å². The smallest absolute Gasteiger partial charge is 0.322 e. The Morgan fingerprint density at radius 2 is 1.85 bits per heavy atom. The van der Waals surface area contributed by atoms with E-state index in [4.69, 9.17) is 5.11 Å². The molecule has 0 aliphatic rings. The summed E-state index contributed by atoms with van der Waals surface area (Å²) in [5.41, 5.74) is 4.45. The van der Waals surface area contributed by atoms with E-state index < -0.39 is 5.97 Å². The molecule has 0 radical (unpaired) electrons. The molecule has 2 aromatic carbocycles. The predicted molar refractivity (Wildman–Crippen MR) is 108 cm³/mol. The van der Waals surface area contributed by atoms with Crippen LogP contribution in [0, 0.1) is 0 Å². The Kier molecular flexibility index (Phi) is 6.19. The summed E-state index contributed by atoms with van der Waals surface area (Å²) >= 11 is 1.46. The predicted octanol–water partition coefficient (Wildman–Crippen LogP) is 4.05. The number of hydrogen-bond acceptors (Lipinski definition) is 4. The van der Waals surface area contributed by atoms with Gasteiger partial charge in [0.05, 0.1) is 16.6 Å². The highest BCUT2D eigenvalue weighted by Gasteiger charge is 2.11. The fraction of sp³-hybridized carbons (Fsp3) is 0.286. The SMILES string of the molecule is CCCCc1ccc(-c2ccc3sc(CC(=O)NCC(=O)O)nc3c2)cc1. The van der Waals surface area contributed by atoms with E-state index in [1.807, 2.05) is 12.1 Å². The van der Waals surface area contributed by atoms with Gasteiger partial charge < -0.3 is 10.4 Å². The zero-order valence-electron chi connectivity index (χ0n) is 15.2. The number of carbonyl (C=O) groups is 2. The molecular weight excluding hydrogens is 360 g/mol.